The summed E-state index contributed by atoms with van der Waals surface area (Å²) in [6, 6.07) is 0. The van der Waals surface area contributed by atoms with Crippen molar-refractivity contribution in [3.63, 3.8) is 0 Å². The zero-order chi connectivity index (χ0) is 10.5. The van der Waals surface area contributed by atoms with Crippen molar-refractivity contribution >= 4 is 5.91 Å². The molecule has 1 aromatic heterocycles. The first-order valence-corrected chi connectivity index (χ1v) is 5.23. The van der Waals surface area contributed by atoms with Crippen LogP contribution in [-0.4, -0.2) is 28.8 Å². The first-order chi connectivity index (χ1) is 7.36. The number of H-pyrrole nitrogens is 1. The van der Waals surface area contributed by atoms with Crippen LogP contribution < -0.4 is 5.32 Å². The molecule has 0 bridgehead atoms. The summed E-state index contributed by atoms with van der Waals surface area (Å²) >= 11 is 0. The van der Waals surface area contributed by atoms with Crippen LogP contribution in [0.5, 0.6) is 0 Å². The highest BCUT2D eigenvalue weighted by Gasteiger charge is 2.21. The van der Waals surface area contributed by atoms with E-state index in [1.165, 1.54) is 0 Å². The van der Waals surface area contributed by atoms with E-state index in [4.69, 9.17) is 4.74 Å². The molecule has 82 valence electrons. The van der Waals surface area contributed by atoms with Crippen LogP contribution in [0, 0.1) is 0 Å². The molecule has 0 saturated carbocycles. The molecule has 1 aromatic rings. The topological polar surface area (TPSA) is 67.0 Å². The number of carbonyl (C=O) groups is 1. The highest BCUT2D eigenvalue weighted by Crippen LogP contribution is 2.12. The van der Waals surface area contributed by atoms with E-state index >= 15 is 0 Å². The highest BCUT2D eigenvalue weighted by molar-refractivity contribution is 5.80. The van der Waals surface area contributed by atoms with Gasteiger partial charge >= 0.3 is 0 Å². The second-order valence-corrected chi connectivity index (χ2v) is 3.68. The molecule has 1 aliphatic heterocycles. The third-order valence-corrected chi connectivity index (χ3v) is 2.49. The van der Waals surface area contributed by atoms with Crippen molar-refractivity contribution in [2.24, 2.45) is 0 Å². The molecular formula is C10H15N3O2. The molecular weight excluding hydrogens is 194 g/mol. The number of ether oxygens (including phenoxy) is 1. The molecule has 5 nitrogen and oxygen atoms in total. The molecule has 1 aliphatic rings. The van der Waals surface area contributed by atoms with Crippen LogP contribution in [0.1, 0.15) is 24.8 Å². The molecule has 0 radical (unpaired) electrons. The fourth-order valence-electron chi connectivity index (χ4n) is 1.62. The Balaban J connectivity index is 1.76. The first kappa shape index (κ1) is 10.2. The minimum absolute atomic E-state index is 0.0177. The second kappa shape index (κ2) is 4.93. The van der Waals surface area contributed by atoms with Crippen molar-refractivity contribution in [1.82, 2.24) is 15.5 Å². The van der Waals surface area contributed by atoms with Gasteiger partial charge in [0, 0.05) is 24.9 Å². The fraction of sp³-hybridized carbons (Fsp3) is 0.600. The molecule has 1 saturated heterocycles. The number of rotatable bonds is 3. The minimum Gasteiger partial charge on any atom is -0.368 e. The maximum atomic E-state index is 11.6. The summed E-state index contributed by atoms with van der Waals surface area (Å²) in [5.74, 6) is -0.0177. The molecule has 1 amide bonds. The number of hydrogen-bond donors (Lipinski definition) is 2. The Morgan fingerprint density at radius 2 is 2.60 bits per heavy atom. The Morgan fingerprint density at radius 3 is 3.27 bits per heavy atom. The molecule has 2 N–H and O–H groups in total. The van der Waals surface area contributed by atoms with Crippen LogP contribution in [0.4, 0.5) is 0 Å². The van der Waals surface area contributed by atoms with Crippen molar-refractivity contribution in [3.8, 4) is 0 Å². The smallest absolute Gasteiger partial charge is 0.249 e. The van der Waals surface area contributed by atoms with Gasteiger partial charge in [-0.15, -0.1) is 0 Å². The minimum atomic E-state index is -0.259. The Kier molecular flexibility index (Phi) is 3.34. The summed E-state index contributed by atoms with van der Waals surface area (Å²) in [5.41, 5.74) is 0.971. The molecule has 5 heteroatoms. The third kappa shape index (κ3) is 2.79. The van der Waals surface area contributed by atoms with Gasteiger partial charge in [-0.2, -0.15) is 5.10 Å². The van der Waals surface area contributed by atoms with Gasteiger partial charge in [-0.05, 0) is 19.3 Å². The normalized spacial score (nSPS) is 21.2. The lowest BCUT2D eigenvalue weighted by Gasteiger charge is -2.21. The van der Waals surface area contributed by atoms with Crippen LogP contribution >= 0.6 is 0 Å². The predicted molar refractivity (Wildman–Crippen MR) is 54.0 cm³/mol. The summed E-state index contributed by atoms with van der Waals surface area (Å²) in [7, 11) is 0. The van der Waals surface area contributed by atoms with Crippen molar-refractivity contribution in [2.75, 3.05) is 6.61 Å². The largest absolute Gasteiger partial charge is 0.368 e. The van der Waals surface area contributed by atoms with E-state index in [0.717, 1.165) is 24.8 Å². The SMILES string of the molecule is O=C(NCc1cn[nH]c1)C1CCCCO1. The van der Waals surface area contributed by atoms with Crippen LogP contribution in [0.2, 0.25) is 0 Å². The number of aromatic nitrogens is 2. The maximum absolute atomic E-state index is 11.6. The van der Waals surface area contributed by atoms with Crippen LogP contribution in [0.15, 0.2) is 12.4 Å². The Hall–Kier alpha value is -1.36. The Labute approximate surface area is 88.2 Å². The van der Waals surface area contributed by atoms with Crippen LogP contribution in [0.3, 0.4) is 0 Å². The highest BCUT2D eigenvalue weighted by atomic mass is 16.5. The monoisotopic (exact) mass is 209 g/mol. The number of nitrogens with one attached hydrogen (secondary N) is 2. The number of carbonyl (C=O) groups excluding carboxylic acids is 1. The number of nitrogens with zero attached hydrogens (tertiary/aromatic N) is 1. The van der Waals surface area contributed by atoms with Crippen molar-refractivity contribution in [1.29, 1.82) is 0 Å². The Morgan fingerprint density at radius 1 is 1.67 bits per heavy atom. The standard InChI is InChI=1S/C10H15N3O2/c14-10(9-3-1-2-4-15-9)11-5-8-6-12-13-7-8/h6-7,9H,1-5H2,(H,11,14)(H,12,13). The summed E-state index contributed by atoms with van der Waals surface area (Å²) in [6.07, 6.45) is 6.17. The molecule has 1 unspecified atom stereocenters. The van der Waals surface area contributed by atoms with E-state index in [2.05, 4.69) is 15.5 Å². The van der Waals surface area contributed by atoms with Crippen molar-refractivity contribution in [2.45, 2.75) is 31.9 Å². The Bertz CT molecular complexity index is 304. The van der Waals surface area contributed by atoms with Gasteiger partial charge in [-0.1, -0.05) is 0 Å². The zero-order valence-electron chi connectivity index (χ0n) is 8.53. The number of aromatic amines is 1. The summed E-state index contributed by atoms with van der Waals surface area (Å²) in [5, 5.41) is 9.34. The second-order valence-electron chi connectivity index (χ2n) is 3.68. The van der Waals surface area contributed by atoms with E-state index in [1.807, 2.05) is 0 Å². The van der Waals surface area contributed by atoms with Gasteiger partial charge in [0.15, 0.2) is 0 Å². The fourth-order valence-corrected chi connectivity index (χ4v) is 1.62. The predicted octanol–water partition coefficient (Wildman–Crippen LogP) is 0.595. The summed E-state index contributed by atoms with van der Waals surface area (Å²) in [4.78, 5) is 11.6. The van der Waals surface area contributed by atoms with E-state index in [1.54, 1.807) is 12.4 Å². The van der Waals surface area contributed by atoms with Crippen LogP contribution in [-0.2, 0) is 16.1 Å². The average molecular weight is 209 g/mol. The van der Waals surface area contributed by atoms with E-state index in [0.29, 0.717) is 13.2 Å². The number of hydrogen-bond acceptors (Lipinski definition) is 3. The van der Waals surface area contributed by atoms with Gasteiger partial charge in [0.2, 0.25) is 5.91 Å². The molecule has 0 aromatic carbocycles. The number of amides is 1. The van der Waals surface area contributed by atoms with E-state index in [9.17, 15) is 4.79 Å². The van der Waals surface area contributed by atoms with E-state index in [-0.39, 0.29) is 12.0 Å². The molecule has 1 atom stereocenters. The molecule has 15 heavy (non-hydrogen) atoms. The first-order valence-electron chi connectivity index (χ1n) is 5.23. The van der Waals surface area contributed by atoms with Gasteiger partial charge < -0.3 is 10.1 Å². The zero-order valence-corrected chi connectivity index (χ0v) is 8.53. The third-order valence-electron chi connectivity index (χ3n) is 2.49. The van der Waals surface area contributed by atoms with Gasteiger partial charge in [-0.3, -0.25) is 9.89 Å². The van der Waals surface area contributed by atoms with Crippen molar-refractivity contribution < 1.29 is 9.53 Å². The molecule has 0 aliphatic carbocycles. The maximum Gasteiger partial charge on any atom is 0.249 e. The van der Waals surface area contributed by atoms with E-state index < -0.39 is 0 Å². The molecule has 2 heterocycles. The van der Waals surface area contributed by atoms with Crippen molar-refractivity contribution in [3.05, 3.63) is 18.0 Å². The summed E-state index contributed by atoms with van der Waals surface area (Å²) in [6.45, 7) is 1.21. The quantitative estimate of drug-likeness (QED) is 0.765. The molecule has 1 fully saturated rings. The lowest BCUT2D eigenvalue weighted by Crippen LogP contribution is -2.37. The lowest BCUT2D eigenvalue weighted by molar-refractivity contribution is -0.135. The molecule has 0 spiro atoms. The molecule has 2 rings (SSSR count). The van der Waals surface area contributed by atoms with Crippen LogP contribution in [0.25, 0.3) is 0 Å². The van der Waals surface area contributed by atoms with Gasteiger partial charge in [0.1, 0.15) is 6.10 Å². The van der Waals surface area contributed by atoms with Gasteiger partial charge in [0.25, 0.3) is 0 Å². The lowest BCUT2D eigenvalue weighted by atomic mass is 10.1. The summed E-state index contributed by atoms with van der Waals surface area (Å²) < 4.78 is 5.37. The van der Waals surface area contributed by atoms with Gasteiger partial charge in [-0.25, -0.2) is 0 Å². The van der Waals surface area contributed by atoms with Gasteiger partial charge in [0.05, 0.1) is 6.20 Å². The average Bonchev–Trinajstić information content (AvgIpc) is 2.80.